The van der Waals surface area contributed by atoms with Gasteiger partial charge in [0.2, 0.25) is 0 Å². The number of hydrogen-bond donors (Lipinski definition) is 1. The second-order valence-electron chi connectivity index (χ2n) is 4.28. The maximum Gasteiger partial charge on any atom is 0.141 e. The molecule has 0 saturated carbocycles. The first-order chi connectivity index (χ1) is 9.79. The SMILES string of the molecule is COc1ccccc1NCCCOc1ccc(Cl)cc1. The third-order valence-corrected chi connectivity index (χ3v) is 3.08. The maximum atomic E-state index is 5.81. The summed E-state index contributed by atoms with van der Waals surface area (Å²) in [6.45, 7) is 1.48. The molecule has 0 unspecified atom stereocenters. The van der Waals surface area contributed by atoms with Crippen LogP contribution in [-0.4, -0.2) is 20.3 Å². The molecule has 0 aliphatic rings. The number of rotatable bonds is 7. The summed E-state index contributed by atoms with van der Waals surface area (Å²) in [6.07, 6.45) is 0.903. The van der Waals surface area contributed by atoms with Gasteiger partial charge in [0.25, 0.3) is 0 Å². The molecule has 1 N–H and O–H groups in total. The Morgan fingerprint density at radius 2 is 1.80 bits per heavy atom. The first-order valence-corrected chi connectivity index (χ1v) is 6.92. The Kier molecular flexibility index (Phi) is 5.56. The predicted octanol–water partition coefficient (Wildman–Crippen LogP) is 4.23. The topological polar surface area (TPSA) is 30.5 Å². The predicted molar refractivity (Wildman–Crippen MR) is 83.0 cm³/mol. The summed E-state index contributed by atoms with van der Waals surface area (Å²) >= 11 is 5.81. The number of nitrogens with one attached hydrogen (secondary N) is 1. The molecule has 0 saturated heterocycles. The molecule has 4 heteroatoms. The van der Waals surface area contributed by atoms with Crippen LogP contribution in [-0.2, 0) is 0 Å². The van der Waals surface area contributed by atoms with E-state index in [9.17, 15) is 0 Å². The smallest absolute Gasteiger partial charge is 0.141 e. The van der Waals surface area contributed by atoms with Gasteiger partial charge < -0.3 is 14.8 Å². The molecule has 0 aliphatic carbocycles. The van der Waals surface area contributed by atoms with Crippen LogP contribution < -0.4 is 14.8 Å². The molecule has 106 valence electrons. The average molecular weight is 292 g/mol. The summed E-state index contributed by atoms with van der Waals surface area (Å²) < 4.78 is 10.9. The summed E-state index contributed by atoms with van der Waals surface area (Å²) in [5.74, 6) is 1.69. The highest BCUT2D eigenvalue weighted by molar-refractivity contribution is 6.30. The van der Waals surface area contributed by atoms with Crippen LogP contribution in [0.5, 0.6) is 11.5 Å². The van der Waals surface area contributed by atoms with Gasteiger partial charge in [-0.15, -0.1) is 0 Å². The summed E-state index contributed by atoms with van der Waals surface area (Å²) in [7, 11) is 1.67. The van der Waals surface area contributed by atoms with Crippen LogP contribution >= 0.6 is 11.6 Å². The Morgan fingerprint density at radius 1 is 1.05 bits per heavy atom. The Bertz CT molecular complexity index is 528. The van der Waals surface area contributed by atoms with Gasteiger partial charge in [0.15, 0.2) is 0 Å². The number of methoxy groups -OCH3 is 1. The normalized spacial score (nSPS) is 10.1. The first kappa shape index (κ1) is 14.5. The van der Waals surface area contributed by atoms with E-state index >= 15 is 0 Å². The maximum absolute atomic E-state index is 5.81. The number of hydrogen-bond acceptors (Lipinski definition) is 3. The van der Waals surface area contributed by atoms with Crippen LogP contribution in [0, 0.1) is 0 Å². The standard InChI is InChI=1S/C16H18ClNO2/c1-19-16-6-3-2-5-15(16)18-11-4-12-20-14-9-7-13(17)8-10-14/h2-3,5-10,18H,4,11-12H2,1H3. The van der Waals surface area contributed by atoms with Crippen LogP contribution in [0.3, 0.4) is 0 Å². The molecule has 0 spiro atoms. The Balaban J connectivity index is 1.70. The molecule has 0 amide bonds. The second kappa shape index (κ2) is 7.65. The first-order valence-electron chi connectivity index (χ1n) is 6.55. The van der Waals surface area contributed by atoms with Crippen molar-refractivity contribution in [1.82, 2.24) is 0 Å². The molecule has 0 heterocycles. The lowest BCUT2D eigenvalue weighted by molar-refractivity contribution is 0.315. The number of halogens is 1. The van der Waals surface area contributed by atoms with Crippen molar-refractivity contribution in [2.24, 2.45) is 0 Å². The van der Waals surface area contributed by atoms with E-state index in [1.165, 1.54) is 0 Å². The third-order valence-electron chi connectivity index (χ3n) is 2.83. The quantitative estimate of drug-likeness (QED) is 0.774. The van der Waals surface area contributed by atoms with E-state index in [0.29, 0.717) is 6.61 Å². The summed E-state index contributed by atoms with van der Waals surface area (Å²) in [4.78, 5) is 0. The van der Waals surface area contributed by atoms with Gasteiger partial charge in [-0.05, 0) is 42.8 Å². The molecule has 0 aliphatic heterocycles. The summed E-state index contributed by atoms with van der Waals surface area (Å²) in [6, 6.07) is 15.3. The molecular formula is C16H18ClNO2. The van der Waals surface area contributed by atoms with Gasteiger partial charge >= 0.3 is 0 Å². The van der Waals surface area contributed by atoms with E-state index in [1.54, 1.807) is 7.11 Å². The number of anilines is 1. The highest BCUT2D eigenvalue weighted by atomic mass is 35.5. The van der Waals surface area contributed by atoms with Crippen LogP contribution in [0.25, 0.3) is 0 Å². The Hall–Kier alpha value is -1.87. The fourth-order valence-corrected chi connectivity index (χ4v) is 1.93. The van der Waals surface area contributed by atoms with Crippen molar-refractivity contribution >= 4 is 17.3 Å². The van der Waals surface area contributed by atoms with Gasteiger partial charge in [0.1, 0.15) is 11.5 Å². The highest BCUT2D eigenvalue weighted by Crippen LogP contribution is 2.22. The van der Waals surface area contributed by atoms with Crippen molar-refractivity contribution < 1.29 is 9.47 Å². The van der Waals surface area contributed by atoms with E-state index in [-0.39, 0.29) is 0 Å². The van der Waals surface area contributed by atoms with Crippen LogP contribution in [0.2, 0.25) is 5.02 Å². The molecule has 0 fully saturated rings. The number of benzene rings is 2. The Morgan fingerprint density at radius 3 is 2.55 bits per heavy atom. The largest absolute Gasteiger partial charge is 0.495 e. The van der Waals surface area contributed by atoms with E-state index in [2.05, 4.69) is 5.32 Å². The zero-order chi connectivity index (χ0) is 14.2. The van der Waals surface area contributed by atoms with Gasteiger partial charge in [-0.3, -0.25) is 0 Å². The molecule has 0 bridgehead atoms. The van der Waals surface area contributed by atoms with E-state index in [0.717, 1.165) is 35.2 Å². The fourth-order valence-electron chi connectivity index (χ4n) is 1.81. The molecule has 0 atom stereocenters. The van der Waals surface area contributed by atoms with Crippen molar-refractivity contribution in [3.8, 4) is 11.5 Å². The summed E-state index contributed by atoms with van der Waals surface area (Å²) in [5.41, 5.74) is 1.00. The minimum absolute atomic E-state index is 0.657. The zero-order valence-electron chi connectivity index (χ0n) is 11.4. The minimum atomic E-state index is 0.657. The summed E-state index contributed by atoms with van der Waals surface area (Å²) in [5, 5.41) is 4.05. The van der Waals surface area contributed by atoms with Crippen LogP contribution in [0.1, 0.15) is 6.42 Å². The van der Waals surface area contributed by atoms with Gasteiger partial charge in [-0.2, -0.15) is 0 Å². The Labute approximate surface area is 124 Å². The highest BCUT2D eigenvalue weighted by Gasteiger charge is 2.00. The van der Waals surface area contributed by atoms with E-state index in [4.69, 9.17) is 21.1 Å². The zero-order valence-corrected chi connectivity index (χ0v) is 12.2. The molecule has 2 rings (SSSR count). The van der Waals surface area contributed by atoms with Crippen molar-refractivity contribution in [3.05, 3.63) is 53.6 Å². The van der Waals surface area contributed by atoms with Gasteiger partial charge in [0.05, 0.1) is 19.4 Å². The molecule has 0 aromatic heterocycles. The van der Waals surface area contributed by atoms with Gasteiger partial charge in [-0.1, -0.05) is 23.7 Å². The van der Waals surface area contributed by atoms with Gasteiger partial charge in [-0.25, -0.2) is 0 Å². The van der Waals surface area contributed by atoms with E-state index in [1.807, 2.05) is 48.5 Å². The monoisotopic (exact) mass is 291 g/mol. The number of ether oxygens (including phenoxy) is 2. The fraction of sp³-hybridized carbons (Fsp3) is 0.250. The molecule has 20 heavy (non-hydrogen) atoms. The number of para-hydroxylation sites is 2. The van der Waals surface area contributed by atoms with Crippen molar-refractivity contribution in [2.75, 3.05) is 25.6 Å². The van der Waals surface area contributed by atoms with Crippen LogP contribution in [0.4, 0.5) is 5.69 Å². The van der Waals surface area contributed by atoms with Gasteiger partial charge in [0, 0.05) is 11.6 Å². The lowest BCUT2D eigenvalue weighted by Crippen LogP contribution is -2.08. The second-order valence-corrected chi connectivity index (χ2v) is 4.72. The third kappa shape index (κ3) is 4.35. The minimum Gasteiger partial charge on any atom is -0.495 e. The lowest BCUT2D eigenvalue weighted by atomic mass is 10.3. The molecule has 2 aromatic carbocycles. The molecule has 2 aromatic rings. The van der Waals surface area contributed by atoms with Crippen molar-refractivity contribution in [1.29, 1.82) is 0 Å². The van der Waals surface area contributed by atoms with Crippen LogP contribution in [0.15, 0.2) is 48.5 Å². The van der Waals surface area contributed by atoms with E-state index < -0.39 is 0 Å². The van der Waals surface area contributed by atoms with Crippen molar-refractivity contribution in [2.45, 2.75) is 6.42 Å². The van der Waals surface area contributed by atoms with Crippen molar-refractivity contribution in [3.63, 3.8) is 0 Å². The molecule has 3 nitrogen and oxygen atoms in total. The lowest BCUT2D eigenvalue weighted by Gasteiger charge is -2.11. The molecule has 0 radical (unpaired) electrons. The average Bonchev–Trinajstić information content (AvgIpc) is 2.49. The molecular weight excluding hydrogens is 274 g/mol.